The van der Waals surface area contributed by atoms with Gasteiger partial charge in [-0.2, -0.15) is 10.2 Å². The summed E-state index contributed by atoms with van der Waals surface area (Å²) in [4.78, 5) is 33.8. The van der Waals surface area contributed by atoms with Crippen LogP contribution in [-0.4, -0.2) is 57.7 Å². The molecule has 2 aromatic carbocycles. The van der Waals surface area contributed by atoms with Crippen LogP contribution in [0.25, 0.3) is 6.08 Å². The number of hydrogen-bond donors (Lipinski definition) is 0. The first-order chi connectivity index (χ1) is 22.9. The lowest BCUT2D eigenvalue weighted by Gasteiger charge is -2.05. The maximum atomic E-state index is 13.7. The zero-order valence-electron chi connectivity index (χ0n) is 26.7. The Balaban J connectivity index is 0.000000292. The molecule has 0 atom stereocenters. The zero-order valence-corrected chi connectivity index (χ0v) is 29.0. The highest BCUT2D eigenvalue weighted by Gasteiger charge is 2.21. The Morgan fingerprint density at radius 2 is 1.35 bits per heavy atom. The number of rotatable bonds is 10. The van der Waals surface area contributed by atoms with Crippen LogP contribution in [0.5, 0.6) is 0 Å². The van der Waals surface area contributed by atoms with Gasteiger partial charge in [-0.15, -0.1) is 12.4 Å². The Bertz CT molecular complexity index is 1780. The fraction of sp³-hybridized carbons (Fsp3) is 0.303. The number of aromatic nitrogens is 4. The maximum absolute atomic E-state index is 13.7. The van der Waals surface area contributed by atoms with Gasteiger partial charge in [0.2, 0.25) is 0 Å². The van der Waals surface area contributed by atoms with Crippen LogP contribution in [0.4, 0.5) is 17.6 Å². The summed E-state index contributed by atoms with van der Waals surface area (Å²) in [5.41, 5.74) is 0.983. The molecule has 0 saturated carbocycles. The summed E-state index contributed by atoms with van der Waals surface area (Å²) in [5, 5.41) is 8.26. The van der Waals surface area contributed by atoms with Crippen molar-refractivity contribution in [2.24, 2.45) is 0 Å². The molecule has 0 aliphatic carbocycles. The van der Waals surface area contributed by atoms with Crippen LogP contribution in [0.1, 0.15) is 69.9 Å². The lowest BCUT2D eigenvalue weighted by atomic mass is 10.1. The Kier molecular flexibility index (Phi) is 16.6. The molecule has 2 aromatic heterocycles. The number of carbonyl (C=O) groups is 3. The van der Waals surface area contributed by atoms with Crippen molar-refractivity contribution in [3.63, 3.8) is 0 Å². The van der Waals surface area contributed by atoms with Crippen LogP contribution in [0.15, 0.2) is 42.7 Å². The third-order valence-corrected chi connectivity index (χ3v) is 7.58. The van der Waals surface area contributed by atoms with Gasteiger partial charge >= 0.3 is 0 Å². The van der Waals surface area contributed by atoms with E-state index in [-0.39, 0.29) is 81.9 Å². The number of Topliss-reactive ketones (excluding diaryl/α,β-unsaturated/α-hetero) is 2. The number of ether oxygens (including phenoxy) is 2. The average molecular weight is 748 g/mol. The molecule has 0 N–H and O–H groups in total. The van der Waals surface area contributed by atoms with Crippen molar-refractivity contribution in [2.45, 2.75) is 46.2 Å². The first-order valence-electron chi connectivity index (χ1n) is 14.5. The maximum Gasteiger partial charge on any atom is 0.180 e. The average Bonchev–Trinajstić information content (AvgIpc) is 3.80. The summed E-state index contributed by atoms with van der Waals surface area (Å²) >= 11 is 12.2. The number of nitrogens with zero attached hydrogens (tertiary/aromatic N) is 4. The van der Waals surface area contributed by atoms with E-state index in [1.165, 1.54) is 79.8 Å². The van der Waals surface area contributed by atoms with Crippen molar-refractivity contribution in [2.75, 3.05) is 20.3 Å². The van der Waals surface area contributed by atoms with Gasteiger partial charge in [-0.1, -0.05) is 47.5 Å². The number of aldehydes is 1. The van der Waals surface area contributed by atoms with Gasteiger partial charge in [-0.25, -0.2) is 26.9 Å². The van der Waals surface area contributed by atoms with E-state index in [4.69, 9.17) is 32.7 Å². The zero-order chi connectivity index (χ0) is 35.4. The molecular weight excluding hydrogens is 715 g/mol. The quantitative estimate of drug-likeness (QED) is 0.0709. The molecular formula is C33H33Cl3F4N4O5. The van der Waals surface area contributed by atoms with Crippen molar-refractivity contribution in [3.05, 3.63) is 110 Å². The summed E-state index contributed by atoms with van der Waals surface area (Å²) in [6, 6.07) is 7.60. The van der Waals surface area contributed by atoms with Crippen molar-refractivity contribution < 1.29 is 41.4 Å². The van der Waals surface area contributed by atoms with Gasteiger partial charge < -0.3 is 14.3 Å². The summed E-state index contributed by atoms with van der Waals surface area (Å²) in [6.07, 6.45) is 5.93. The van der Waals surface area contributed by atoms with Gasteiger partial charge in [0, 0.05) is 55.7 Å². The van der Waals surface area contributed by atoms with Crippen LogP contribution < -0.4 is 0 Å². The molecule has 0 amide bonds. The highest BCUT2D eigenvalue weighted by molar-refractivity contribution is 6.32. The molecule has 1 saturated heterocycles. The standard InChI is InChI=1S/C15H13ClF2N2O2.C14H11ClF2N2O2.C4H8O.ClH/c1-9(21)14-11(6-7-22-2)15(16)20(19-14)8-10-4-3-5-12(17)13(10)18;1-8(21)13-10(5-6-20)14(15)19(18-13)7-9-3-2-4-11(16)12(9)17;1-2-4-5-3-1;/h3-7H,8H2,1-2H3;2-4,6H,5,7H2,1H3;1-4H2;1H. The Morgan fingerprint density at radius 3 is 1.78 bits per heavy atom. The van der Waals surface area contributed by atoms with Crippen LogP contribution in [-0.2, 0) is 33.8 Å². The van der Waals surface area contributed by atoms with E-state index in [1.807, 2.05) is 0 Å². The molecule has 0 bridgehead atoms. The van der Waals surface area contributed by atoms with E-state index in [2.05, 4.69) is 10.2 Å². The molecule has 49 heavy (non-hydrogen) atoms. The number of carbonyl (C=O) groups excluding carboxylic acids is 3. The van der Waals surface area contributed by atoms with E-state index in [1.54, 1.807) is 0 Å². The Labute approximate surface area is 296 Å². The van der Waals surface area contributed by atoms with Crippen LogP contribution in [0, 0.1) is 23.3 Å². The minimum atomic E-state index is -0.995. The Hall–Kier alpha value is -4.04. The summed E-state index contributed by atoms with van der Waals surface area (Å²) in [7, 11) is 1.45. The van der Waals surface area contributed by atoms with Crippen LogP contribution >= 0.6 is 35.6 Å². The van der Waals surface area contributed by atoms with E-state index in [0.717, 1.165) is 25.3 Å². The van der Waals surface area contributed by atoms with Crippen molar-refractivity contribution in [1.29, 1.82) is 0 Å². The number of methoxy groups -OCH3 is 1. The predicted octanol–water partition coefficient (Wildman–Crippen LogP) is 7.71. The van der Waals surface area contributed by atoms with Crippen molar-refractivity contribution >= 4 is 59.5 Å². The Morgan fingerprint density at radius 1 is 0.857 bits per heavy atom. The largest absolute Gasteiger partial charge is 0.504 e. The summed E-state index contributed by atoms with van der Waals surface area (Å²) < 4.78 is 66.0. The minimum absolute atomic E-state index is 0. The topological polar surface area (TPSA) is 105 Å². The number of benzene rings is 2. The van der Waals surface area contributed by atoms with Crippen molar-refractivity contribution in [1.82, 2.24) is 19.6 Å². The van der Waals surface area contributed by atoms with E-state index in [0.29, 0.717) is 11.8 Å². The molecule has 264 valence electrons. The smallest absolute Gasteiger partial charge is 0.180 e. The monoisotopic (exact) mass is 746 g/mol. The van der Waals surface area contributed by atoms with Gasteiger partial charge in [0.15, 0.2) is 34.8 Å². The van der Waals surface area contributed by atoms with Gasteiger partial charge in [0.25, 0.3) is 0 Å². The first kappa shape index (κ1) is 41.1. The molecule has 4 aromatic rings. The predicted molar refractivity (Wildman–Crippen MR) is 179 cm³/mol. The fourth-order valence-corrected chi connectivity index (χ4v) is 4.92. The minimum Gasteiger partial charge on any atom is -0.504 e. The lowest BCUT2D eigenvalue weighted by molar-refractivity contribution is -0.107. The van der Waals surface area contributed by atoms with E-state index >= 15 is 0 Å². The van der Waals surface area contributed by atoms with Crippen LogP contribution in [0.3, 0.4) is 0 Å². The fourth-order valence-electron chi connectivity index (χ4n) is 4.41. The molecule has 0 spiro atoms. The second-order valence-electron chi connectivity index (χ2n) is 10.3. The van der Waals surface area contributed by atoms with E-state index < -0.39 is 23.3 Å². The SMILES string of the molecule is C1CCOC1.CC(=O)c1nn(Cc2cccc(F)c2F)c(Cl)c1CC=O.COC=Cc1c(C(C)=O)nn(Cc2cccc(F)c2F)c1Cl.Cl. The normalized spacial score (nSPS) is 12.0. The molecule has 0 radical (unpaired) electrons. The molecule has 1 aliphatic rings. The number of hydrogen-bond acceptors (Lipinski definition) is 7. The third kappa shape index (κ3) is 11.0. The summed E-state index contributed by atoms with van der Waals surface area (Å²) in [5.74, 6) is -4.54. The third-order valence-electron chi connectivity index (χ3n) is 6.76. The van der Waals surface area contributed by atoms with Crippen molar-refractivity contribution in [3.8, 4) is 0 Å². The number of ketones is 2. The van der Waals surface area contributed by atoms with Gasteiger partial charge in [0.1, 0.15) is 28.0 Å². The van der Waals surface area contributed by atoms with E-state index in [9.17, 15) is 31.9 Å². The molecule has 9 nitrogen and oxygen atoms in total. The lowest BCUT2D eigenvalue weighted by Crippen LogP contribution is -2.06. The van der Waals surface area contributed by atoms with Gasteiger partial charge in [-0.3, -0.25) is 9.59 Å². The van der Waals surface area contributed by atoms with Gasteiger partial charge in [-0.05, 0) is 31.1 Å². The highest BCUT2D eigenvalue weighted by Crippen LogP contribution is 2.25. The molecule has 3 heterocycles. The molecule has 1 aliphatic heterocycles. The van der Waals surface area contributed by atoms with Gasteiger partial charge in [0.05, 0.1) is 26.5 Å². The first-order valence-corrected chi connectivity index (χ1v) is 15.3. The molecule has 16 heteroatoms. The van der Waals surface area contributed by atoms with Crippen LogP contribution in [0.2, 0.25) is 10.3 Å². The highest BCUT2D eigenvalue weighted by atomic mass is 35.5. The molecule has 1 fully saturated rings. The second kappa shape index (κ2) is 19.8. The number of halogens is 7. The molecule has 0 unspecified atom stereocenters. The molecule has 5 rings (SSSR count). The summed E-state index contributed by atoms with van der Waals surface area (Å²) in [6.45, 7) is 4.40. The second-order valence-corrected chi connectivity index (χ2v) is 11.0.